The molecule has 1 amide bonds. The fourth-order valence-corrected chi connectivity index (χ4v) is 4.05. The van der Waals surface area contributed by atoms with Crippen molar-refractivity contribution >= 4 is 22.6 Å². The zero-order valence-corrected chi connectivity index (χ0v) is 16.3. The summed E-state index contributed by atoms with van der Waals surface area (Å²) in [5, 5.41) is 0.130. The number of amides is 1. The second kappa shape index (κ2) is 6.95. The Hall–Kier alpha value is -3.73. The minimum Gasteiger partial charge on any atom is -0.450 e. The number of benzene rings is 3. The summed E-state index contributed by atoms with van der Waals surface area (Å²) in [6, 6.07) is 20.1. The van der Waals surface area contributed by atoms with Gasteiger partial charge < -0.3 is 4.42 Å². The molecule has 5 rings (SSSR count). The number of hydrogen-bond acceptors (Lipinski definition) is 3. The SMILES string of the molecule is CCc1ccc(N2C(=O)c3oc4ccc(F)cc4c(=O)c3C2c2ccccc2)cc1. The van der Waals surface area contributed by atoms with Gasteiger partial charge in [0.1, 0.15) is 11.4 Å². The van der Waals surface area contributed by atoms with E-state index >= 15 is 0 Å². The van der Waals surface area contributed by atoms with E-state index in [9.17, 15) is 14.0 Å². The first-order valence-corrected chi connectivity index (χ1v) is 9.82. The second-order valence-corrected chi connectivity index (χ2v) is 7.32. The lowest BCUT2D eigenvalue weighted by Crippen LogP contribution is -2.29. The van der Waals surface area contributed by atoms with Crippen molar-refractivity contribution in [2.75, 3.05) is 4.90 Å². The number of halogens is 1. The fraction of sp³-hybridized carbons (Fsp3) is 0.120. The van der Waals surface area contributed by atoms with E-state index < -0.39 is 11.9 Å². The monoisotopic (exact) mass is 399 g/mol. The Kier molecular flexibility index (Phi) is 4.24. The van der Waals surface area contributed by atoms with Crippen LogP contribution in [0.1, 0.15) is 40.2 Å². The lowest BCUT2D eigenvalue weighted by atomic mass is 9.98. The zero-order valence-electron chi connectivity index (χ0n) is 16.3. The summed E-state index contributed by atoms with van der Waals surface area (Å²) < 4.78 is 19.7. The average molecular weight is 399 g/mol. The van der Waals surface area contributed by atoms with Crippen LogP contribution in [0.15, 0.2) is 82.0 Å². The number of nitrogens with zero attached hydrogens (tertiary/aromatic N) is 1. The molecule has 30 heavy (non-hydrogen) atoms. The van der Waals surface area contributed by atoms with Crippen LogP contribution in [0.4, 0.5) is 10.1 Å². The lowest BCUT2D eigenvalue weighted by Gasteiger charge is -2.25. The Morgan fingerprint density at radius 1 is 0.967 bits per heavy atom. The maximum absolute atomic E-state index is 13.8. The van der Waals surface area contributed by atoms with Crippen LogP contribution in [0.5, 0.6) is 0 Å². The first kappa shape index (κ1) is 18.3. The predicted octanol–water partition coefficient (Wildman–Crippen LogP) is 5.24. The van der Waals surface area contributed by atoms with Crippen molar-refractivity contribution in [1.82, 2.24) is 0 Å². The highest BCUT2D eigenvalue weighted by Crippen LogP contribution is 2.41. The number of carbonyl (C=O) groups excluding carboxylic acids is 1. The molecule has 0 saturated carbocycles. The van der Waals surface area contributed by atoms with Crippen molar-refractivity contribution in [3.8, 4) is 0 Å². The Bertz CT molecular complexity index is 1330. The summed E-state index contributed by atoms with van der Waals surface area (Å²) in [6.07, 6.45) is 0.883. The van der Waals surface area contributed by atoms with Crippen LogP contribution in [0, 0.1) is 5.82 Å². The Morgan fingerprint density at radius 2 is 1.70 bits per heavy atom. The van der Waals surface area contributed by atoms with E-state index in [0.717, 1.165) is 23.6 Å². The third-order valence-corrected chi connectivity index (χ3v) is 5.57. The van der Waals surface area contributed by atoms with E-state index in [1.54, 1.807) is 4.90 Å². The number of aryl methyl sites for hydroxylation is 1. The third-order valence-electron chi connectivity index (χ3n) is 5.57. The maximum atomic E-state index is 13.8. The van der Waals surface area contributed by atoms with Gasteiger partial charge in [-0.15, -0.1) is 0 Å². The average Bonchev–Trinajstić information content (AvgIpc) is 3.07. The van der Waals surface area contributed by atoms with Gasteiger partial charge >= 0.3 is 0 Å². The molecule has 0 aliphatic carbocycles. The van der Waals surface area contributed by atoms with Crippen molar-refractivity contribution in [2.45, 2.75) is 19.4 Å². The van der Waals surface area contributed by atoms with Crippen LogP contribution in [0.3, 0.4) is 0 Å². The van der Waals surface area contributed by atoms with E-state index in [0.29, 0.717) is 5.69 Å². The van der Waals surface area contributed by atoms with E-state index in [1.807, 2.05) is 54.6 Å². The number of rotatable bonds is 3. The molecule has 0 bridgehead atoms. The summed E-state index contributed by atoms with van der Waals surface area (Å²) >= 11 is 0. The van der Waals surface area contributed by atoms with Crippen LogP contribution in [-0.4, -0.2) is 5.91 Å². The summed E-state index contributed by atoms with van der Waals surface area (Å²) in [7, 11) is 0. The minimum atomic E-state index is -0.648. The normalized spacial score (nSPS) is 15.6. The quantitative estimate of drug-likeness (QED) is 0.473. The summed E-state index contributed by atoms with van der Waals surface area (Å²) in [5.74, 6) is -0.902. The smallest absolute Gasteiger partial charge is 0.295 e. The fourth-order valence-electron chi connectivity index (χ4n) is 4.05. The van der Waals surface area contributed by atoms with Crippen molar-refractivity contribution in [3.63, 3.8) is 0 Å². The molecule has 1 aliphatic rings. The molecule has 0 spiro atoms. The highest BCUT2D eigenvalue weighted by molar-refractivity contribution is 6.10. The highest BCUT2D eigenvalue weighted by Gasteiger charge is 2.43. The van der Waals surface area contributed by atoms with E-state index in [2.05, 4.69) is 6.92 Å². The molecular formula is C25H18FNO3. The van der Waals surface area contributed by atoms with Gasteiger partial charge in [0.25, 0.3) is 5.91 Å². The standard InChI is InChI=1S/C25H18FNO3/c1-2-15-8-11-18(12-9-15)27-22(16-6-4-3-5-7-16)21-23(28)19-14-17(26)10-13-20(19)30-24(21)25(27)29/h3-14,22H,2H2,1H3. The zero-order chi connectivity index (χ0) is 20.8. The summed E-state index contributed by atoms with van der Waals surface area (Å²) in [6.45, 7) is 2.06. The first-order chi connectivity index (χ1) is 14.6. The van der Waals surface area contributed by atoms with Gasteiger partial charge in [-0.05, 0) is 47.9 Å². The van der Waals surface area contributed by atoms with Crippen LogP contribution in [0.2, 0.25) is 0 Å². The van der Waals surface area contributed by atoms with E-state index in [4.69, 9.17) is 4.42 Å². The highest BCUT2D eigenvalue weighted by atomic mass is 19.1. The Balaban J connectivity index is 1.79. The number of anilines is 1. The van der Waals surface area contributed by atoms with Gasteiger partial charge in [-0.2, -0.15) is 0 Å². The molecule has 4 nitrogen and oxygen atoms in total. The lowest BCUT2D eigenvalue weighted by molar-refractivity contribution is 0.0971. The molecule has 5 heteroatoms. The van der Waals surface area contributed by atoms with Gasteiger partial charge in [0.15, 0.2) is 5.43 Å². The van der Waals surface area contributed by atoms with Gasteiger partial charge in [0.2, 0.25) is 5.76 Å². The van der Waals surface area contributed by atoms with Gasteiger partial charge in [-0.1, -0.05) is 49.4 Å². The molecule has 3 aromatic carbocycles. The molecule has 0 radical (unpaired) electrons. The van der Waals surface area contributed by atoms with Crippen LogP contribution >= 0.6 is 0 Å². The van der Waals surface area contributed by atoms with Crippen molar-refractivity contribution in [2.24, 2.45) is 0 Å². The van der Waals surface area contributed by atoms with Crippen molar-refractivity contribution in [3.05, 3.63) is 111 Å². The number of fused-ring (bicyclic) bond motifs is 2. The molecule has 0 N–H and O–H groups in total. The first-order valence-electron chi connectivity index (χ1n) is 9.82. The van der Waals surface area contributed by atoms with Gasteiger partial charge in [-0.25, -0.2) is 4.39 Å². The molecule has 1 atom stereocenters. The topological polar surface area (TPSA) is 50.5 Å². The molecular weight excluding hydrogens is 381 g/mol. The molecule has 2 heterocycles. The number of hydrogen-bond donors (Lipinski definition) is 0. The summed E-state index contributed by atoms with van der Waals surface area (Å²) in [5.41, 5.74) is 2.65. The number of carbonyl (C=O) groups is 1. The molecule has 1 unspecified atom stereocenters. The van der Waals surface area contributed by atoms with Crippen LogP contribution in [-0.2, 0) is 6.42 Å². The summed E-state index contributed by atoms with van der Waals surface area (Å²) in [4.78, 5) is 28.4. The molecule has 0 saturated heterocycles. The third kappa shape index (κ3) is 2.74. The maximum Gasteiger partial charge on any atom is 0.295 e. The molecule has 1 aromatic heterocycles. The van der Waals surface area contributed by atoms with Gasteiger partial charge in [0.05, 0.1) is 17.0 Å². The molecule has 0 fully saturated rings. The molecule has 148 valence electrons. The van der Waals surface area contributed by atoms with Crippen LogP contribution < -0.4 is 10.3 Å². The molecule has 4 aromatic rings. The molecule has 1 aliphatic heterocycles. The minimum absolute atomic E-state index is 0.00697. The van der Waals surface area contributed by atoms with Gasteiger partial charge in [-0.3, -0.25) is 14.5 Å². The second-order valence-electron chi connectivity index (χ2n) is 7.32. The Labute approximate surface area is 172 Å². The van der Waals surface area contributed by atoms with Crippen molar-refractivity contribution < 1.29 is 13.6 Å². The van der Waals surface area contributed by atoms with E-state index in [1.165, 1.54) is 12.1 Å². The largest absolute Gasteiger partial charge is 0.450 e. The van der Waals surface area contributed by atoms with E-state index in [-0.39, 0.29) is 33.6 Å². The van der Waals surface area contributed by atoms with Gasteiger partial charge in [0, 0.05) is 5.69 Å². The predicted molar refractivity (Wildman–Crippen MR) is 113 cm³/mol. The Morgan fingerprint density at radius 3 is 2.40 bits per heavy atom. The van der Waals surface area contributed by atoms with Crippen molar-refractivity contribution in [1.29, 1.82) is 0 Å². The van der Waals surface area contributed by atoms with Crippen LogP contribution in [0.25, 0.3) is 11.0 Å².